The van der Waals surface area contributed by atoms with Gasteiger partial charge >= 0.3 is 0 Å². The molecule has 16 heavy (non-hydrogen) atoms. The van der Waals surface area contributed by atoms with E-state index in [1.54, 1.807) is 0 Å². The smallest absolute Gasteiger partial charge is 0.122 e. The molecule has 2 heteroatoms. The maximum atomic E-state index is 5.82. The van der Waals surface area contributed by atoms with Crippen LogP contribution >= 0.6 is 0 Å². The monoisotopic (exact) mass is 221 g/mol. The molecule has 1 aromatic rings. The number of benzene rings is 1. The van der Waals surface area contributed by atoms with Gasteiger partial charge in [0.25, 0.3) is 0 Å². The van der Waals surface area contributed by atoms with Crippen molar-refractivity contribution in [2.45, 2.75) is 40.2 Å². The van der Waals surface area contributed by atoms with E-state index >= 15 is 0 Å². The van der Waals surface area contributed by atoms with Gasteiger partial charge in [0.1, 0.15) is 5.75 Å². The van der Waals surface area contributed by atoms with Crippen LogP contribution in [0.4, 0.5) is 0 Å². The van der Waals surface area contributed by atoms with Gasteiger partial charge in [0.05, 0.1) is 6.61 Å². The summed E-state index contributed by atoms with van der Waals surface area (Å²) in [4.78, 5) is 0. The van der Waals surface area contributed by atoms with E-state index in [9.17, 15) is 0 Å². The third-order valence-electron chi connectivity index (χ3n) is 2.50. The van der Waals surface area contributed by atoms with Crippen molar-refractivity contribution in [2.75, 3.05) is 6.61 Å². The fourth-order valence-electron chi connectivity index (χ4n) is 1.56. The molecular weight excluding hydrogens is 198 g/mol. The van der Waals surface area contributed by atoms with Crippen molar-refractivity contribution in [1.82, 2.24) is 0 Å². The SMILES string of the molecule is CC(C)COc1ccc(CN)cc1C(C)C. The van der Waals surface area contributed by atoms with E-state index in [0.29, 0.717) is 18.4 Å². The Balaban J connectivity index is 2.89. The fraction of sp³-hybridized carbons (Fsp3) is 0.571. The topological polar surface area (TPSA) is 35.2 Å². The number of hydrogen-bond donors (Lipinski definition) is 1. The van der Waals surface area contributed by atoms with Crippen LogP contribution in [0.1, 0.15) is 44.7 Å². The first kappa shape index (κ1) is 13.0. The summed E-state index contributed by atoms with van der Waals surface area (Å²) in [5.41, 5.74) is 8.07. The second kappa shape index (κ2) is 5.90. The number of rotatable bonds is 5. The molecule has 2 nitrogen and oxygen atoms in total. The molecule has 1 rings (SSSR count). The maximum absolute atomic E-state index is 5.82. The molecule has 1 aromatic carbocycles. The first-order valence-corrected chi connectivity index (χ1v) is 6.00. The average Bonchev–Trinajstić information content (AvgIpc) is 2.25. The normalized spacial score (nSPS) is 11.2. The van der Waals surface area contributed by atoms with Gasteiger partial charge in [-0.25, -0.2) is 0 Å². The molecule has 0 aliphatic carbocycles. The van der Waals surface area contributed by atoms with E-state index in [-0.39, 0.29) is 0 Å². The predicted molar refractivity (Wildman–Crippen MR) is 68.8 cm³/mol. The predicted octanol–water partition coefficient (Wildman–Crippen LogP) is 3.30. The van der Waals surface area contributed by atoms with Crippen molar-refractivity contribution in [1.29, 1.82) is 0 Å². The summed E-state index contributed by atoms with van der Waals surface area (Å²) in [5.74, 6) is 2.02. The lowest BCUT2D eigenvalue weighted by Crippen LogP contribution is -2.07. The Morgan fingerprint density at radius 1 is 1.19 bits per heavy atom. The minimum Gasteiger partial charge on any atom is -0.493 e. The van der Waals surface area contributed by atoms with Crippen LogP contribution in [0.5, 0.6) is 5.75 Å². The van der Waals surface area contributed by atoms with E-state index < -0.39 is 0 Å². The Bertz CT molecular complexity index is 332. The summed E-state index contributed by atoms with van der Waals surface area (Å²) in [6.07, 6.45) is 0. The van der Waals surface area contributed by atoms with E-state index in [2.05, 4.69) is 33.8 Å². The molecule has 90 valence electrons. The highest BCUT2D eigenvalue weighted by Gasteiger charge is 2.09. The highest BCUT2D eigenvalue weighted by molar-refractivity contribution is 5.39. The second-order valence-corrected chi connectivity index (χ2v) is 4.94. The molecular formula is C14H23NO. The number of nitrogens with two attached hydrogens (primary N) is 1. The van der Waals surface area contributed by atoms with Crippen LogP contribution in [0.25, 0.3) is 0 Å². The minimum atomic E-state index is 0.466. The van der Waals surface area contributed by atoms with Gasteiger partial charge in [-0.3, -0.25) is 0 Å². The Hall–Kier alpha value is -1.02. The Morgan fingerprint density at radius 3 is 2.38 bits per heavy atom. The molecule has 0 atom stereocenters. The van der Waals surface area contributed by atoms with Crippen LogP contribution in [0, 0.1) is 5.92 Å². The molecule has 0 aliphatic heterocycles. The molecule has 0 fully saturated rings. The van der Waals surface area contributed by atoms with Gasteiger partial charge in [-0.15, -0.1) is 0 Å². The molecule has 0 unspecified atom stereocenters. The molecule has 0 saturated carbocycles. The third kappa shape index (κ3) is 3.53. The van der Waals surface area contributed by atoms with Crippen molar-refractivity contribution >= 4 is 0 Å². The zero-order chi connectivity index (χ0) is 12.1. The molecule has 0 aromatic heterocycles. The van der Waals surface area contributed by atoms with Crippen LogP contribution in [0.15, 0.2) is 18.2 Å². The van der Waals surface area contributed by atoms with Crippen molar-refractivity contribution < 1.29 is 4.74 Å². The van der Waals surface area contributed by atoms with Gasteiger partial charge in [0.2, 0.25) is 0 Å². The van der Waals surface area contributed by atoms with Crippen LogP contribution < -0.4 is 10.5 Å². The summed E-state index contributed by atoms with van der Waals surface area (Å²) >= 11 is 0. The van der Waals surface area contributed by atoms with Gasteiger partial charge in [-0.05, 0) is 29.0 Å². The molecule has 0 saturated heterocycles. The molecule has 2 N–H and O–H groups in total. The van der Waals surface area contributed by atoms with Gasteiger partial charge in [-0.2, -0.15) is 0 Å². The molecule has 0 heterocycles. The van der Waals surface area contributed by atoms with Gasteiger partial charge in [0.15, 0.2) is 0 Å². The summed E-state index contributed by atoms with van der Waals surface area (Å²) in [5, 5.41) is 0. The fourth-order valence-corrected chi connectivity index (χ4v) is 1.56. The minimum absolute atomic E-state index is 0.466. The Kier molecular flexibility index (Phi) is 4.81. The standard InChI is InChI=1S/C14H23NO/c1-10(2)9-16-14-6-5-12(8-15)7-13(14)11(3)4/h5-7,10-11H,8-9,15H2,1-4H3. The largest absolute Gasteiger partial charge is 0.493 e. The van der Waals surface area contributed by atoms with Crippen LogP contribution in [-0.2, 0) is 6.54 Å². The summed E-state index contributed by atoms with van der Waals surface area (Å²) in [6.45, 7) is 10.0. The van der Waals surface area contributed by atoms with E-state index in [0.717, 1.165) is 12.4 Å². The lowest BCUT2D eigenvalue weighted by molar-refractivity contribution is 0.267. The Morgan fingerprint density at radius 2 is 1.88 bits per heavy atom. The van der Waals surface area contributed by atoms with Crippen LogP contribution in [0.3, 0.4) is 0 Å². The Labute approximate surface area is 98.8 Å². The van der Waals surface area contributed by atoms with Gasteiger partial charge in [-0.1, -0.05) is 39.8 Å². The van der Waals surface area contributed by atoms with Gasteiger partial charge < -0.3 is 10.5 Å². The van der Waals surface area contributed by atoms with Gasteiger partial charge in [0, 0.05) is 6.54 Å². The summed E-state index contributed by atoms with van der Waals surface area (Å²) in [7, 11) is 0. The number of hydrogen-bond acceptors (Lipinski definition) is 2. The highest BCUT2D eigenvalue weighted by atomic mass is 16.5. The number of ether oxygens (including phenoxy) is 1. The van der Waals surface area contributed by atoms with Crippen LogP contribution in [-0.4, -0.2) is 6.61 Å². The van der Waals surface area contributed by atoms with E-state index in [1.165, 1.54) is 11.1 Å². The zero-order valence-corrected chi connectivity index (χ0v) is 10.8. The quantitative estimate of drug-likeness (QED) is 0.828. The lowest BCUT2D eigenvalue weighted by atomic mass is 9.99. The zero-order valence-electron chi connectivity index (χ0n) is 10.8. The molecule has 0 aliphatic rings. The molecule has 0 spiro atoms. The van der Waals surface area contributed by atoms with E-state index in [4.69, 9.17) is 10.5 Å². The van der Waals surface area contributed by atoms with Crippen molar-refractivity contribution in [3.63, 3.8) is 0 Å². The third-order valence-corrected chi connectivity index (χ3v) is 2.50. The first-order valence-electron chi connectivity index (χ1n) is 6.00. The second-order valence-electron chi connectivity index (χ2n) is 4.94. The highest BCUT2D eigenvalue weighted by Crippen LogP contribution is 2.27. The maximum Gasteiger partial charge on any atom is 0.122 e. The van der Waals surface area contributed by atoms with Crippen molar-refractivity contribution in [3.05, 3.63) is 29.3 Å². The van der Waals surface area contributed by atoms with Crippen molar-refractivity contribution in [3.8, 4) is 5.75 Å². The molecule has 0 amide bonds. The molecule has 0 bridgehead atoms. The first-order chi connectivity index (χ1) is 7.54. The average molecular weight is 221 g/mol. The summed E-state index contributed by atoms with van der Waals surface area (Å²) < 4.78 is 5.82. The van der Waals surface area contributed by atoms with Crippen LogP contribution in [0.2, 0.25) is 0 Å². The lowest BCUT2D eigenvalue weighted by Gasteiger charge is -2.16. The molecule has 0 radical (unpaired) electrons. The van der Waals surface area contributed by atoms with Crippen molar-refractivity contribution in [2.24, 2.45) is 11.7 Å². The van der Waals surface area contributed by atoms with E-state index in [1.807, 2.05) is 12.1 Å². The summed E-state index contributed by atoms with van der Waals surface area (Å²) in [6, 6.07) is 6.24.